The van der Waals surface area contributed by atoms with Crippen molar-refractivity contribution in [2.24, 2.45) is 0 Å². The summed E-state index contributed by atoms with van der Waals surface area (Å²) in [6.07, 6.45) is 1.46. The van der Waals surface area contributed by atoms with Crippen LogP contribution in [0.15, 0.2) is 35.3 Å². The largest absolute Gasteiger partial charge is 0.477 e. The number of carbonyl (C=O) groups is 1. The molecule has 1 aromatic heterocycles. The molecule has 4 nitrogen and oxygen atoms in total. The highest BCUT2D eigenvalue weighted by molar-refractivity contribution is 6.44. The normalized spacial score (nSPS) is 10.6. The van der Waals surface area contributed by atoms with Crippen LogP contribution in [0.3, 0.4) is 0 Å². The van der Waals surface area contributed by atoms with E-state index < -0.39 is 11.5 Å². The number of halogens is 3. The first-order chi connectivity index (χ1) is 9.41. The maximum absolute atomic E-state index is 12.0. The molecule has 0 aliphatic heterocycles. The van der Waals surface area contributed by atoms with Gasteiger partial charge in [-0.2, -0.15) is 0 Å². The van der Waals surface area contributed by atoms with Crippen LogP contribution in [0.1, 0.15) is 15.9 Å². The molecule has 0 aliphatic rings. The Morgan fingerprint density at radius 1 is 1.15 bits per heavy atom. The molecular formula is C13H8Cl3NO3. The van der Waals surface area contributed by atoms with Gasteiger partial charge in [0.1, 0.15) is 5.56 Å². The molecule has 0 unspecified atom stereocenters. The zero-order valence-electron chi connectivity index (χ0n) is 9.94. The number of carboxylic acid groups (broad SMARTS) is 1. The van der Waals surface area contributed by atoms with Gasteiger partial charge in [-0.3, -0.25) is 4.79 Å². The number of carboxylic acids is 1. The second kappa shape index (κ2) is 5.87. The number of hydrogen-bond donors (Lipinski definition) is 1. The summed E-state index contributed by atoms with van der Waals surface area (Å²) in [4.78, 5) is 22.9. The van der Waals surface area contributed by atoms with Crippen molar-refractivity contribution in [2.75, 3.05) is 0 Å². The van der Waals surface area contributed by atoms with Gasteiger partial charge >= 0.3 is 5.97 Å². The number of rotatable bonds is 3. The fourth-order valence-corrected chi connectivity index (χ4v) is 2.38. The molecule has 1 aromatic carbocycles. The predicted molar refractivity (Wildman–Crippen MR) is 78.2 cm³/mol. The van der Waals surface area contributed by atoms with Crippen molar-refractivity contribution < 1.29 is 9.90 Å². The van der Waals surface area contributed by atoms with E-state index in [0.717, 1.165) is 0 Å². The smallest absolute Gasteiger partial charge is 0.341 e. The number of hydrogen-bond acceptors (Lipinski definition) is 2. The van der Waals surface area contributed by atoms with Crippen LogP contribution in [-0.4, -0.2) is 15.6 Å². The summed E-state index contributed by atoms with van der Waals surface area (Å²) >= 11 is 18.0. The lowest BCUT2D eigenvalue weighted by molar-refractivity contribution is 0.0694. The van der Waals surface area contributed by atoms with E-state index >= 15 is 0 Å². The minimum Gasteiger partial charge on any atom is -0.477 e. The Labute approximate surface area is 129 Å². The van der Waals surface area contributed by atoms with E-state index in [0.29, 0.717) is 15.6 Å². The maximum Gasteiger partial charge on any atom is 0.341 e. The molecule has 0 aliphatic carbocycles. The van der Waals surface area contributed by atoms with E-state index in [2.05, 4.69) is 0 Å². The molecule has 1 N–H and O–H groups in total. The quantitative estimate of drug-likeness (QED) is 0.874. The lowest BCUT2D eigenvalue weighted by Gasteiger charge is -2.11. The van der Waals surface area contributed by atoms with E-state index in [1.807, 2.05) is 0 Å². The molecule has 2 aromatic rings. The molecule has 0 saturated heterocycles. The molecule has 0 spiro atoms. The molecule has 7 heteroatoms. The van der Waals surface area contributed by atoms with E-state index in [1.54, 1.807) is 12.1 Å². The van der Waals surface area contributed by atoms with Crippen LogP contribution in [0.25, 0.3) is 0 Å². The highest BCUT2D eigenvalue weighted by Crippen LogP contribution is 2.31. The fourth-order valence-electron chi connectivity index (χ4n) is 1.71. The average molecular weight is 333 g/mol. The first kappa shape index (κ1) is 14.9. The first-order valence-electron chi connectivity index (χ1n) is 5.47. The molecule has 0 bridgehead atoms. The summed E-state index contributed by atoms with van der Waals surface area (Å²) in [5.74, 6) is -1.28. The lowest BCUT2D eigenvalue weighted by atomic mass is 10.2. The Morgan fingerprint density at radius 3 is 2.45 bits per heavy atom. The third kappa shape index (κ3) is 2.82. The molecular weight excluding hydrogens is 325 g/mol. The number of pyridine rings is 1. The van der Waals surface area contributed by atoms with Crippen LogP contribution < -0.4 is 5.56 Å². The van der Waals surface area contributed by atoms with Gasteiger partial charge in [0.15, 0.2) is 0 Å². The van der Waals surface area contributed by atoms with Crippen molar-refractivity contribution in [1.29, 1.82) is 0 Å². The van der Waals surface area contributed by atoms with Gasteiger partial charge in [-0.25, -0.2) is 4.79 Å². The van der Waals surface area contributed by atoms with Crippen LogP contribution in [-0.2, 0) is 6.54 Å². The zero-order chi connectivity index (χ0) is 14.9. The second-order valence-electron chi connectivity index (χ2n) is 3.98. The summed E-state index contributed by atoms with van der Waals surface area (Å²) in [7, 11) is 0. The van der Waals surface area contributed by atoms with Crippen molar-refractivity contribution in [1.82, 2.24) is 4.57 Å². The fraction of sp³-hybridized carbons (Fsp3) is 0.0769. The van der Waals surface area contributed by atoms with Crippen LogP contribution in [0.2, 0.25) is 15.1 Å². The molecule has 2 rings (SSSR count). The molecule has 0 amide bonds. The molecule has 1 heterocycles. The lowest BCUT2D eigenvalue weighted by Crippen LogP contribution is -2.26. The van der Waals surface area contributed by atoms with Gasteiger partial charge < -0.3 is 9.67 Å². The van der Waals surface area contributed by atoms with Crippen molar-refractivity contribution >= 4 is 40.8 Å². The van der Waals surface area contributed by atoms with Crippen molar-refractivity contribution in [3.05, 3.63) is 67.0 Å². The van der Waals surface area contributed by atoms with Gasteiger partial charge in [0, 0.05) is 16.8 Å². The van der Waals surface area contributed by atoms with Crippen LogP contribution >= 0.6 is 34.8 Å². The average Bonchev–Trinajstić information content (AvgIpc) is 2.40. The monoisotopic (exact) mass is 331 g/mol. The summed E-state index contributed by atoms with van der Waals surface area (Å²) in [6.45, 7) is 0.0399. The van der Waals surface area contributed by atoms with Gasteiger partial charge in [0.05, 0.1) is 16.6 Å². The second-order valence-corrected chi connectivity index (χ2v) is 5.17. The first-order valence-corrected chi connectivity index (χ1v) is 6.60. The molecule has 104 valence electrons. The minimum absolute atomic E-state index is 0.0399. The van der Waals surface area contributed by atoms with Crippen molar-refractivity contribution in [2.45, 2.75) is 6.54 Å². The number of nitrogens with zero attached hydrogens (tertiary/aromatic N) is 1. The number of aromatic nitrogens is 1. The Kier molecular flexibility index (Phi) is 4.38. The molecule has 0 atom stereocenters. The van der Waals surface area contributed by atoms with E-state index in [-0.39, 0.29) is 17.1 Å². The van der Waals surface area contributed by atoms with Crippen LogP contribution in [0, 0.1) is 0 Å². The molecule has 0 radical (unpaired) electrons. The minimum atomic E-state index is -1.28. The Hall–Kier alpha value is -1.49. The Balaban J connectivity index is 2.52. The maximum atomic E-state index is 12.0. The summed E-state index contributed by atoms with van der Waals surface area (Å²) in [5, 5.41) is 9.83. The number of benzene rings is 1. The van der Waals surface area contributed by atoms with Gasteiger partial charge in [0.2, 0.25) is 0 Å². The standard InChI is InChI=1S/C13H8Cl3NO3/c14-9-3-4-10(15)11(16)8(9)6-17-5-1-2-7(12(17)18)13(19)20/h1-5H,6H2,(H,19,20). The summed E-state index contributed by atoms with van der Waals surface area (Å²) in [6, 6.07) is 5.82. The van der Waals surface area contributed by atoms with E-state index in [4.69, 9.17) is 39.9 Å². The Bertz CT molecular complexity index is 740. The topological polar surface area (TPSA) is 59.3 Å². The van der Waals surface area contributed by atoms with Crippen molar-refractivity contribution in [3.63, 3.8) is 0 Å². The summed E-state index contributed by atoms with van der Waals surface area (Å²) in [5.41, 5.74) is -0.487. The van der Waals surface area contributed by atoms with Gasteiger partial charge in [-0.15, -0.1) is 0 Å². The van der Waals surface area contributed by atoms with Crippen LogP contribution in [0.5, 0.6) is 0 Å². The van der Waals surface area contributed by atoms with E-state index in [1.165, 1.54) is 22.9 Å². The highest BCUT2D eigenvalue weighted by Gasteiger charge is 2.14. The highest BCUT2D eigenvalue weighted by atomic mass is 35.5. The van der Waals surface area contributed by atoms with Gasteiger partial charge in [-0.05, 0) is 24.3 Å². The van der Waals surface area contributed by atoms with Crippen molar-refractivity contribution in [3.8, 4) is 0 Å². The molecule has 0 fully saturated rings. The third-order valence-electron chi connectivity index (χ3n) is 2.72. The Morgan fingerprint density at radius 2 is 1.80 bits per heavy atom. The summed E-state index contributed by atoms with van der Waals surface area (Å²) < 4.78 is 1.22. The van der Waals surface area contributed by atoms with Crippen LogP contribution in [0.4, 0.5) is 0 Å². The third-order valence-corrected chi connectivity index (χ3v) is 3.92. The molecule has 20 heavy (non-hydrogen) atoms. The SMILES string of the molecule is O=C(O)c1cccn(Cc2c(Cl)ccc(Cl)c2Cl)c1=O. The van der Waals surface area contributed by atoms with Gasteiger partial charge in [0.25, 0.3) is 5.56 Å². The number of aromatic carboxylic acids is 1. The zero-order valence-corrected chi connectivity index (χ0v) is 12.2. The predicted octanol–water partition coefficient (Wildman–Crippen LogP) is 3.56. The van der Waals surface area contributed by atoms with E-state index in [9.17, 15) is 9.59 Å². The van der Waals surface area contributed by atoms with Gasteiger partial charge in [-0.1, -0.05) is 34.8 Å². The molecule has 0 saturated carbocycles.